The van der Waals surface area contributed by atoms with Crippen LogP contribution in [0.5, 0.6) is 6.01 Å². The molecule has 1 aromatic heterocycles. The lowest BCUT2D eigenvalue weighted by atomic mass is 10.0. The molecule has 116 valence electrons. The van der Waals surface area contributed by atoms with Crippen molar-refractivity contribution in [3.63, 3.8) is 0 Å². The molecule has 1 saturated carbocycles. The van der Waals surface area contributed by atoms with E-state index in [1.165, 1.54) is 20.0 Å². The summed E-state index contributed by atoms with van der Waals surface area (Å²) in [6, 6.07) is 0.702. The van der Waals surface area contributed by atoms with Gasteiger partial charge >= 0.3 is 12.0 Å². The molecule has 1 aromatic rings. The normalized spacial score (nSPS) is 16.5. The molecule has 1 atom stereocenters. The summed E-state index contributed by atoms with van der Waals surface area (Å²) in [6.45, 7) is 3.97. The van der Waals surface area contributed by atoms with Crippen LogP contribution in [0.2, 0.25) is 0 Å². The number of hydrogen-bond donors (Lipinski definition) is 1. The van der Waals surface area contributed by atoms with Crippen LogP contribution >= 0.6 is 0 Å². The van der Waals surface area contributed by atoms with Gasteiger partial charge in [0.25, 0.3) is 0 Å². The number of hydrogen-bond acceptors (Lipinski definition) is 6. The number of anilines is 1. The van der Waals surface area contributed by atoms with Gasteiger partial charge in [-0.2, -0.15) is 4.98 Å². The van der Waals surface area contributed by atoms with Gasteiger partial charge in [-0.25, -0.2) is 4.98 Å². The predicted octanol–water partition coefficient (Wildman–Crippen LogP) is 2.51. The van der Waals surface area contributed by atoms with Crippen molar-refractivity contribution in [3.8, 4) is 6.01 Å². The standard InChI is InChI=1S/C15H23N3O3/c1-4-21-14(19)10(2)12-9-16-15(20-3)18-13(12)17-11-7-5-6-8-11/h9-11H,4-8H2,1-3H3,(H,16,17,18). The fraction of sp³-hybridized carbons (Fsp3) is 0.667. The Morgan fingerprint density at radius 3 is 2.81 bits per heavy atom. The maximum atomic E-state index is 12.0. The number of aromatic nitrogens is 2. The highest BCUT2D eigenvalue weighted by molar-refractivity contribution is 5.79. The Morgan fingerprint density at radius 2 is 2.19 bits per heavy atom. The molecule has 6 nitrogen and oxygen atoms in total. The molecule has 1 aliphatic carbocycles. The lowest BCUT2D eigenvalue weighted by Gasteiger charge is -2.19. The first kappa shape index (κ1) is 15.5. The summed E-state index contributed by atoms with van der Waals surface area (Å²) in [5, 5.41) is 3.42. The molecule has 1 heterocycles. The summed E-state index contributed by atoms with van der Waals surface area (Å²) in [4.78, 5) is 20.4. The van der Waals surface area contributed by atoms with Crippen LogP contribution in [0, 0.1) is 0 Å². The number of carbonyl (C=O) groups excluding carboxylic acids is 1. The quantitative estimate of drug-likeness (QED) is 0.812. The second kappa shape index (κ2) is 7.24. The number of rotatable bonds is 6. The first-order chi connectivity index (χ1) is 10.2. The van der Waals surface area contributed by atoms with E-state index < -0.39 is 5.92 Å². The third kappa shape index (κ3) is 3.83. The summed E-state index contributed by atoms with van der Waals surface area (Å²) in [5.41, 5.74) is 0.751. The van der Waals surface area contributed by atoms with Crippen LogP contribution in [0.1, 0.15) is 51.0 Å². The maximum Gasteiger partial charge on any atom is 0.318 e. The van der Waals surface area contributed by atoms with Crippen LogP contribution in [0.4, 0.5) is 5.82 Å². The van der Waals surface area contributed by atoms with Crippen molar-refractivity contribution in [3.05, 3.63) is 11.8 Å². The minimum Gasteiger partial charge on any atom is -0.467 e. The largest absolute Gasteiger partial charge is 0.467 e. The molecule has 1 unspecified atom stereocenters. The average Bonchev–Trinajstić information content (AvgIpc) is 2.99. The molecule has 2 rings (SSSR count). The zero-order chi connectivity index (χ0) is 15.2. The monoisotopic (exact) mass is 293 g/mol. The lowest BCUT2D eigenvalue weighted by Crippen LogP contribution is -2.21. The molecule has 0 radical (unpaired) electrons. The smallest absolute Gasteiger partial charge is 0.318 e. The molecule has 21 heavy (non-hydrogen) atoms. The number of nitrogens with zero attached hydrogens (tertiary/aromatic N) is 2. The van der Waals surface area contributed by atoms with E-state index in [4.69, 9.17) is 9.47 Å². The molecular weight excluding hydrogens is 270 g/mol. The van der Waals surface area contributed by atoms with Crippen molar-refractivity contribution in [2.24, 2.45) is 0 Å². The Bertz CT molecular complexity index is 487. The van der Waals surface area contributed by atoms with Crippen LogP contribution in [0.25, 0.3) is 0 Å². The second-order valence-corrected chi connectivity index (χ2v) is 5.26. The number of ether oxygens (including phenoxy) is 2. The Morgan fingerprint density at radius 1 is 1.48 bits per heavy atom. The number of carbonyl (C=O) groups is 1. The molecule has 0 amide bonds. The lowest BCUT2D eigenvalue weighted by molar-refractivity contribution is -0.144. The molecule has 0 spiro atoms. The zero-order valence-corrected chi connectivity index (χ0v) is 12.9. The highest BCUT2D eigenvalue weighted by Crippen LogP contribution is 2.28. The van der Waals surface area contributed by atoms with E-state index in [9.17, 15) is 4.79 Å². The van der Waals surface area contributed by atoms with Gasteiger partial charge in [0.1, 0.15) is 5.82 Å². The van der Waals surface area contributed by atoms with E-state index in [1.807, 2.05) is 6.92 Å². The molecule has 1 aliphatic rings. The summed E-state index contributed by atoms with van der Waals surface area (Å²) in [6.07, 6.45) is 6.34. The van der Waals surface area contributed by atoms with E-state index in [2.05, 4.69) is 15.3 Å². The molecule has 0 aliphatic heterocycles. The third-order valence-corrected chi connectivity index (χ3v) is 3.78. The van der Waals surface area contributed by atoms with Gasteiger partial charge in [-0.1, -0.05) is 12.8 Å². The van der Waals surface area contributed by atoms with Gasteiger partial charge in [0.2, 0.25) is 0 Å². The van der Waals surface area contributed by atoms with Crippen molar-refractivity contribution in [2.75, 3.05) is 19.0 Å². The molecule has 0 saturated heterocycles. The van der Waals surface area contributed by atoms with E-state index in [0.717, 1.165) is 18.4 Å². The van der Waals surface area contributed by atoms with Crippen LogP contribution < -0.4 is 10.1 Å². The van der Waals surface area contributed by atoms with Crippen molar-refractivity contribution < 1.29 is 14.3 Å². The van der Waals surface area contributed by atoms with Crippen molar-refractivity contribution in [1.82, 2.24) is 9.97 Å². The first-order valence-electron chi connectivity index (χ1n) is 7.49. The fourth-order valence-corrected chi connectivity index (χ4v) is 2.56. The SMILES string of the molecule is CCOC(=O)C(C)c1cnc(OC)nc1NC1CCCC1. The van der Waals surface area contributed by atoms with Crippen molar-refractivity contribution in [1.29, 1.82) is 0 Å². The van der Waals surface area contributed by atoms with Gasteiger partial charge in [-0.3, -0.25) is 4.79 Å². The molecule has 6 heteroatoms. The van der Waals surface area contributed by atoms with Crippen LogP contribution in [-0.2, 0) is 9.53 Å². The summed E-state index contributed by atoms with van der Waals surface area (Å²) >= 11 is 0. The third-order valence-electron chi connectivity index (χ3n) is 3.78. The Kier molecular flexibility index (Phi) is 5.36. The molecule has 1 fully saturated rings. The number of esters is 1. The van der Waals surface area contributed by atoms with Crippen molar-refractivity contribution >= 4 is 11.8 Å². The topological polar surface area (TPSA) is 73.3 Å². The van der Waals surface area contributed by atoms with Gasteiger partial charge in [0.15, 0.2) is 0 Å². The number of methoxy groups -OCH3 is 1. The second-order valence-electron chi connectivity index (χ2n) is 5.26. The van der Waals surface area contributed by atoms with Gasteiger partial charge in [0.05, 0.1) is 19.6 Å². The van der Waals surface area contributed by atoms with Gasteiger partial charge in [-0.05, 0) is 26.7 Å². The highest BCUT2D eigenvalue weighted by atomic mass is 16.5. The molecular formula is C15H23N3O3. The van der Waals surface area contributed by atoms with Gasteiger partial charge in [0, 0.05) is 17.8 Å². The summed E-state index contributed by atoms with van der Waals surface area (Å²) < 4.78 is 10.2. The number of nitrogens with one attached hydrogen (secondary N) is 1. The Balaban J connectivity index is 2.23. The highest BCUT2D eigenvalue weighted by Gasteiger charge is 2.24. The zero-order valence-electron chi connectivity index (χ0n) is 12.9. The summed E-state index contributed by atoms with van der Waals surface area (Å²) in [7, 11) is 1.53. The minimum absolute atomic E-state index is 0.263. The average molecular weight is 293 g/mol. The van der Waals surface area contributed by atoms with Gasteiger partial charge < -0.3 is 14.8 Å². The van der Waals surface area contributed by atoms with E-state index in [-0.39, 0.29) is 5.97 Å². The summed E-state index contributed by atoms with van der Waals surface area (Å²) in [5.74, 6) is 0.00908. The van der Waals surface area contributed by atoms with E-state index in [1.54, 1.807) is 13.1 Å². The fourth-order valence-electron chi connectivity index (χ4n) is 2.56. The molecule has 0 aromatic carbocycles. The Hall–Kier alpha value is -1.85. The Labute approximate surface area is 125 Å². The molecule has 1 N–H and O–H groups in total. The van der Waals surface area contributed by atoms with Crippen LogP contribution in [-0.4, -0.2) is 35.7 Å². The van der Waals surface area contributed by atoms with Gasteiger partial charge in [-0.15, -0.1) is 0 Å². The first-order valence-corrected chi connectivity index (χ1v) is 7.49. The predicted molar refractivity (Wildman–Crippen MR) is 79.5 cm³/mol. The van der Waals surface area contributed by atoms with Crippen LogP contribution in [0.15, 0.2) is 6.20 Å². The maximum absolute atomic E-state index is 12.0. The van der Waals surface area contributed by atoms with Crippen molar-refractivity contribution in [2.45, 2.75) is 51.5 Å². The van der Waals surface area contributed by atoms with E-state index >= 15 is 0 Å². The molecule has 0 bridgehead atoms. The van der Waals surface area contributed by atoms with E-state index in [0.29, 0.717) is 24.5 Å². The van der Waals surface area contributed by atoms with Crippen LogP contribution in [0.3, 0.4) is 0 Å². The minimum atomic E-state index is -0.403.